The molecule has 1 rings (SSSR count). The van der Waals surface area contributed by atoms with Crippen LogP contribution in [0, 0.1) is 0 Å². The minimum Gasteiger partial charge on any atom is -0.385 e. The number of aliphatic hydroxyl groups is 1. The number of allylic oxidation sites excluding steroid dienone is 1. The van der Waals surface area contributed by atoms with E-state index in [2.05, 4.69) is 18.4 Å². The molecule has 0 aromatic rings. The molecule has 0 saturated carbocycles. The highest BCUT2D eigenvalue weighted by Crippen LogP contribution is 2.29. The van der Waals surface area contributed by atoms with Crippen molar-refractivity contribution in [3.05, 3.63) is 29.5 Å². The van der Waals surface area contributed by atoms with E-state index in [1.807, 2.05) is 0 Å². The van der Waals surface area contributed by atoms with Gasteiger partial charge in [0, 0.05) is 5.57 Å². The third kappa shape index (κ3) is 2.58. The molecular formula is C12H18O. The molecule has 0 fully saturated rings. The number of hydrogen-bond acceptors (Lipinski definition) is 1. The number of hydrogen-bond donors (Lipinski definition) is 1. The van der Waals surface area contributed by atoms with Crippen molar-refractivity contribution in [1.82, 2.24) is 0 Å². The Morgan fingerprint density at radius 3 is 2.62 bits per heavy atom. The van der Waals surface area contributed by atoms with Crippen LogP contribution in [-0.4, -0.2) is 10.7 Å². The zero-order valence-corrected chi connectivity index (χ0v) is 8.56. The van der Waals surface area contributed by atoms with Gasteiger partial charge in [0.1, 0.15) is 0 Å². The van der Waals surface area contributed by atoms with Crippen molar-refractivity contribution in [2.75, 3.05) is 0 Å². The summed E-state index contributed by atoms with van der Waals surface area (Å²) < 4.78 is 0. The van der Waals surface area contributed by atoms with Crippen LogP contribution in [0.15, 0.2) is 29.5 Å². The van der Waals surface area contributed by atoms with E-state index in [0.29, 0.717) is 0 Å². The smallest absolute Gasteiger partial charge is 0.0914 e. The molecule has 1 N–H and O–H groups in total. The van der Waals surface area contributed by atoms with Gasteiger partial charge in [0.05, 0.1) is 5.60 Å². The fourth-order valence-electron chi connectivity index (χ4n) is 1.79. The number of rotatable bonds is 2. The lowest BCUT2D eigenvalue weighted by molar-refractivity contribution is 0.122. The highest BCUT2D eigenvalue weighted by molar-refractivity contribution is 5.36. The molecule has 0 aliphatic heterocycles. The molecule has 13 heavy (non-hydrogen) atoms. The van der Waals surface area contributed by atoms with Gasteiger partial charge in [0.2, 0.25) is 0 Å². The van der Waals surface area contributed by atoms with Crippen LogP contribution < -0.4 is 0 Å². The minimum absolute atomic E-state index is 0.801. The molecule has 1 heteroatoms. The van der Waals surface area contributed by atoms with Gasteiger partial charge in [0.15, 0.2) is 0 Å². The first-order valence-electron chi connectivity index (χ1n) is 4.88. The summed E-state index contributed by atoms with van der Waals surface area (Å²) in [6, 6.07) is 0. The van der Waals surface area contributed by atoms with Gasteiger partial charge in [-0.3, -0.25) is 0 Å². The van der Waals surface area contributed by atoms with Gasteiger partial charge in [-0.25, -0.2) is 0 Å². The zero-order chi connectivity index (χ0) is 9.90. The van der Waals surface area contributed by atoms with Crippen molar-refractivity contribution >= 4 is 0 Å². The molecule has 0 aromatic carbocycles. The second kappa shape index (κ2) is 3.95. The first kappa shape index (κ1) is 10.3. The van der Waals surface area contributed by atoms with E-state index >= 15 is 0 Å². The molecule has 0 bridgehead atoms. The Hall–Kier alpha value is -0.780. The molecule has 1 nitrogen and oxygen atoms in total. The first-order valence-corrected chi connectivity index (χ1v) is 4.88. The second-order valence-corrected chi connectivity index (χ2v) is 4.09. The van der Waals surface area contributed by atoms with Crippen molar-refractivity contribution in [2.45, 2.75) is 45.1 Å². The van der Waals surface area contributed by atoms with Gasteiger partial charge in [0.25, 0.3) is 0 Å². The van der Waals surface area contributed by atoms with Crippen LogP contribution in [0.3, 0.4) is 0 Å². The van der Waals surface area contributed by atoms with Gasteiger partial charge in [-0.1, -0.05) is 12.7 Å². The first-order chi connectivity index (χ1) is 6.05. The largest absolute Gasteiger partial charge is 0.385 e. The summed E-state index contributed by atoms with van der Waals surface area (Å²) in [6.07, 6.45) is 6.86. The quantitative estimate of drug-likeness (QED) is 0.644. The van der Waals surface area contributed by atoms with E-state index in [4.69, 9.17) is 0 Å². The van der Waals surface area contributed by atoms with Gasteiger partial charge in [-0.2, -0.15) is 0 Å². The van der Waals surface area contributed by atoms with Crippen LogP contribution in [0.4, 0.5) is 0 Å². The van der Waals surface area contributed by atoms with Crippen LogP contribution in [-0.2, 0) is 0 Å². The lowest BCUT2D eigenvalue weighted by Gasteiger charge is -2.24. The summed E-state index contributed by atoms with van der Waals surface area (Å²) >= 11 is 0. The van der Waals surface area contributed by atoms with Crippen LogP contribution in [0.5, 0.6) is 0 Å². The molecule has 0 aromatic heterocycles. The fraction of sp³-hybridized carbons (Fsp3) is 0.583. The monoisotopic (exact) mass is 178 g/mol. The van der Waals surface area contributed by atoms with E-state index in [-0.39, 0.29) is 0 Å². The fourth-order valence-corrected chi connectivity index (χ4v) is 1.79. The topological polar surface area (TPSA) is 20.2 Å². The van der Waals surface area contributed by atoms with E-state index < -0.39 is 5.60 Å². The van der Waals surface area contributed by atoms with Crippen molar-refractivity contribution in [2.24, 2.45) is 0 Å². The van der Waals surface area contributed by atoms with Gasteiger partial charge < -0.3 is 5.11 Å². The van der Waals surface area contributed by atoms with Crippen molar-refractivity contribution in [3.8, 4) is 0 Å². The average Bonchev–Trinajstić information content (AvgIpc) is 2.05. The highest BCUT2D eigenvalue weighted by atomic mass is 16.3. The Balaban J connectivity index is 2.91. The minimum atomic E-state index is -0.801. The predicted octanol–water partition coefficient (Wildman–Crippen LogP) is 2.97. The summed E-state index contributed by atoms with van der Waals surface area (Å²) in [7, 11) is 0. The Bertz CT molecular complexity index is 259. The molecule has 0 atom stereocenters. The second-order valence-electron chi connectivity index (χ2n) is 4.09. The molecule has 0 amide bonds. The summed E-state index contributed by atoms with van der Waals surface area (Å²) in [5.74, 6) is 0. The van der Waals surface area contributed by atoms with Crippen molar-refractivity contribution in [1.29, 1.82) is 0 Å². The molecule has 1 aliphatic carbocycles. The van der Waals surface area contributed by atoms with Crippen molar-refractivity contribution < 1.29 is 5.11 Å². The predicted molar refractivity (Wildman–Crippen MR) is 55.5 cm³/mol. The maximum absolute atomic E-state index is 9.85. The van der Waals surface area contributed by atoms with Gasteiger partial charge >= 0.3 is 0 Å². The molecule has 0 radical (unpaired) electrons. The lowest BCUT2D eigenvalue weighted by atomic mass is 9.86. The molecule has 1 aliphatic rings. The normalized spacial score (nSPS) is 17.6. The summed E-state index contributed by atoms with van der Waals surface area (Å²) in [6.45, 7) is 7.22. The standard InChI is InChI=1S/C12H18O/c1-4-11(12(2,3)13)10-8-6-5-7-9-10/h8,13H,1,5-7,9H2,2-3H3. The van der Waals surface area contributed by atoms with E-state index in [9.17, 15) is 5.11 Å². The Kier molecular flexibility index (Phi) is 3.13. The molecule has 0 saturated heterocycles. The van der Waals surface area contributed by atoms with E-state index in [0.717, 1.165) is 18.4 Å². The maximum Gasteiger partial charge on any atom is 0.0914 e. The van der Waals surface area contributed by atoms with E-state index in [1.165, 1.54) is 18.4 Å². The summed E-state index contributed by atoms with van der Waals surface area (Å²) in [4.78, 5) is 0. The van der Waals surface area contributed by atoms with Crippen LogP contribution in [0.2, 0.25) is 0 Å². The van der Waals surface area contributed by atoms with Crippen LogP contribution >= 0.6 is 0 Å². The molecular weight excluding hydrogens is 160 g/mol. The van der Waals surface area contributed by atoms with Gasteiger partial charge in [-0.15, -0.1) is 5.73 Å². The highest BCUT2D eigenvalue weighted by Gasteiger charge is 2.22. The van der Waals surface area contributed by atoms with Crippen molar-refractivity contribution in [3.63, 3.8) is 0 Å². The lowest BCUT2D eigenvalue weighted by Crippen LogP contribution is -2.23. The van der Waals surface area contributed by atoms with Crippen LogP contribution in [0.25, 0.3) is 0 Å². The molecule has 72 valence electrons. The van der Waals surface area contributed by atoms with Gasteiger partial charge in [-0.05, 0) is 45.1 Å². The molecule has 0 unspecified atom stereocenters. The Morgan fingerprint density at radius 2 is 2.23 bits per heavy atom. The Labute approximate surface area is 80.5 Å². The average molecular weight is 178 g/mol. The summed E-state index contributed by atoms with van der Waals surface area (Å²) in [5.41, 5.74) is 4.16. The maximum atomic E-state index is 9.85. The summed E-state index contributed by atoms with van der Waals surface area (Å²) in [5, 5.41) is 9.85. The zero-order valence-electron chi connectivity index (χ0n) is 8.56. The molecule has 0 spiro atoms. The Morgan fingerprint density at radius 1 is 1.54 bits per heavy atom. The van der Waals surface area contributed by atoms with E-state index in [1.54, 1.807) is 13.8 Å². The third-order valence-electron chi connectivity index (χ3n) is 2.40. The molecule has 0 heterocycles. The van der Waals surface area contributed by atoms with Crippen LogP contribution in [0.1, 0.15) is 39.5 Å². The third-order valence-corrected chi connectivity index (χ3v) is 2.40. The SMILES string of the molecule is C=C=C(C1=CCCCC1)C(C)(C)O.